The largest absolute Gasteiger partial charge is 0.497 e. The van der Waals surface area contributed by atoms with Gasteiger partial charge < -0.3 is 10.1 Å². The monoisotopic (exact) mass is 344 g/mol. The Balaban J connectivity index is 1.71. The Labute approximate surface area is 144 Å². The standard InChI is InChI=1S/C18H17FN2O2S/c1-11-20-17(10-24-11)12-3-5-13(6-4-12)21-18(22)15-8-7-14(23-2)9-16(15)19/h3-9,17H,10H2,1-2H3,(H,21,22). The molecule has 0 radical (unpaired) electrons. The van der Waals surface area contributed by atoms with Crippen LogP contribution in [-0.2, 0) is 0 Å². The molecule has 0 aliphatic carbocycles. The summed E-state index contributed by atoms with van der Waals surface area (Å²) < 4.78 is 18.9. The molecule has 1 unspecified atom stereocenters. The maximum absolute atomic E-state index is 13.9. The molecule has 124 valence electrons. The van der Waals surface area contributed by atoms with E-state index in [9.17, 15) is 9.18 Å². The quantitative estimate of drug-likeness (QED) is 0.900. The van der Waals surface area contributed by atoms with Crippen molar-refractivity contribution >= 4 is 28.4 Å². The van der Waals surface area contributed by atoms with Gasteiger partial charge in [-0.2, -0.15) is 0 Å². The van der Waals surface area contributed by atoms with Gasteiger partial charge in [-0.05, 0) is 36.8 Å². The molecule has 2 aromatic rings. The van der Waals surface area contributed by atoms with Gasteiger partial charge in [-0.3, -0.25) is 9.79 Å². The fourth-order valence-corrected chi connectivity index (χ4v) is 3.33. The second-order valence-electron chi connectivity index (χ2n) is 5.40. The summed E-state index contributed by atoms with van der Waals surface area (Å²) in [6.45, 7) is 2.00. The summed E-state index contributed by atoms with van der Waals surface area (Å²) in [7, 11) is 1.45. The summed E-state index contributed by atoms with van der Waals surface area (Å²) in [5.74, 6) is 0.206. The Morgan fingerprint density at radius 1 is 1.29 bits per heavy atom. The van der Waals surface area contributed by atoms with Crippen LogP contribution < -0.4 is 10.1 Å². The van der Waals surface area contributed by atoms with Gasteiger partial charge in [0.1, 0.15) is 11.6 Å². The smallest absolute Gasteiger partial charge is 0.258 e. The number of nitrogens with zero attached hydrogens (tertiary/aromatic N) is 1. The molecule has 3 rings (SSSR count). The number of hydrogen-bond acceptors (Lipinski definition) is 4. The summed E-state index contributed by atoms with van der Waals surface area (Å²) in [6.07, 6.45) is 0. The number of anilines is 1. The Morgan fingerprint density at radius 2 is 2.04 bits per heavy atom. The second kappa shape index (κ2) is 7.05. The van der Waals surface area contributed by atoms with E-state index in [0.717, 1.165) is 16.4 Å². The molecule has 4 nitrogen and oxygen atoms in total. The number of hydrogen-bond donors (Lipinski definition) is 1. The minimum absolute atomic E-state index is 0.0210. The van der Waals surface area contributed by atoms with Crippen molar-refractivity contribution < 1.29 is 13.9 Å². The van der Waals surface area contributed by atoms with E-state index in [1.165, 1.54) is 19.2 Å². The van der Waals surface area contributed by atoms with Gasteiger partial charge in [0.2, 0.25) is 0 Å². The van der Waals surface area contributed by atoms with Gasteiger partial charge in [-0.15, -0.1) is 11.8 Å². The van der Waals surface area contributed by atoms with Gasteiger partial charge >= 0.3 is 0 Å². The Bertz CT molecular complexity index is 790. The first-order chi connectivity index (χ1) is 11.6. The van der Waals surface area contributed by atoms with Crippen LogP contribution in [0.25, 0.3) is 0 Å². The van der Waals surface area contributed by atoms with Gasteiger partial charge in [-0.1, -0.05) is 12.1 Å². The van der Waals surface area contributed by atoms with Crippen LogP contribution in [0.2, 0.25) is 0 Å². The predicted molar refractivity (Wildman–Crippen MR) is 95.7 cm³/mol. The molecule has 1 atom stereocenters. The normalized spacial score (nSPS) is 16.6. The molecule has 0 saturated carbocycles. The summed E-state index contributed by atoms with van der Waals surface area (Å²) in [4.78, 5) is 16.8. The summed E-state index contributed by atoms with van der Waals surface area (Å²) in [6, 6.07) is 11.8. The molecule has 6 heteroatoms. The SMILES string of the molecule is COc1ccc(C(=O)Nc2ccc(C3CSC(C)=N3)cc2)c(F)c1. The van der Waals surface area contributed by atoms with E-state index in [4.69, 9.17) is 4.74 Å². The van der Waals surface area contributed by atoms with E-state index < -0.39 is 11.7 Å². The van der Waals surface area contributed by atoms with Crippen LogP contribution >= 0.6 is 11.8 Å². The summed E-state index contributed by atoms with van der Waals surface area (Å²) >= 11 is 1.75. The van der Waals surface area contributed by atoms with E-state index in [0.29, 0.717) is 11.4 Å². The Kier molecular flexibility index (Phi) is 4.85. The molecule has 1 N–H and O–H groups in total. The molecule has 1 amide bonds. The van der Waals surface area contributed by atoms with Crippen molar-refractivity contribution in [1.29, 1.82) is 0 Å². The number of ether oxygens (including phenoxy) is 1. The third-order valence-electron chi connectivity index (χ3n) is 3.76. The molecular formula is C18H17FN2O2S. The van der Waals surface area contributed by atoms with E-state index >= 15 is 0 Å². The van der Waals surface area contributed by atoms with E-state index in [2.05, 4.69) is 10.3 Å². The number of amides is 1. The minimum atomic E-state index is -0.615. The molecule has 1 aliphatic rings. The first-order valence-corrected chi connectivity index (χ1v) is 8.47. The Morgan fingerprint density at radius 3 is 2.62 bits per heavy atom. The molecule has 0 bridgehead atoms. The number of carbonyl (C=O) groups excluding carboxylic acids is 1. The zero-order chi connectivity index (χ0) is 17.1. The molecular weight excluding hydrogens is 327 g/mol. The molecule has 24 heavy (non-hydrogen) atoms. The van der Waals surface area contributed by atoms with Crippen LogP contribution in [0, 0.1) is 5.82 Å². The number of nitrogens with one attached hydrogen (secondary N) is 1. The number of halogens is 1. The van der Waals surface area contributed by atoms with Crippen LogP contribution in [0.1, 0.15) is 28.9 Å². The average molecular weight is 344 g/mol. The summed E-state index contributed by atoms with van der Waals surface area (Å²) in [5, 5.41) is 3.79. The lowest BCUT2D eigenvalue weighted by atomic mass is 10.1. The highest BCUT2D eigenvalue weighted by atomic mass is 32.2. The predicted octanol–water partition coefficient (Wildman–Crippen LogP) is 4.29. The number of methoxy groups -OCH3 is 1. The van der Waals surface area contributed by atoms with Crippen molar-refractivity contribution in [2.24, 2.45) is 4.99 Å². The first-order valence-electron chi connectivity index (χ1n) is 7.49. The lowest BCUT2D eigenvalue weighted by Gasteiger charge is -2.10. The highest BCUT2D eigenvalue weighted by Crippen LogP contribution is 2.30. The van der Waals surface area contributed by atoms with Crippen molar-refractivity contribution in [1.82, 2.24) is 0 Å². The summed E-state index contributed by atoms with van der Waals surface area (Å²) in [5.41, 5.74) is 1.70. The van der Waals surface area contributed by atoms with Crippen molar-refractivity contribution in [3.05, 3.63) is 59.4 Å². The lowest BCUT2D eigenvalue weighted by Crippen LogP contribution is -2.13. The lowest BCUT2D eigenvalue weighted by molar-refractivity contribution is 0.102. The van der Waals surface area contributed by atoms with Gasteiger partial charge in [0.05, 0.1) is 23.8 Å². The van der Waals surface area contributed by atoms with E-state index in [1.54, 1.807) is 17.8 Å². The molecule has 0 spiro atoms. The van der Waals surface area contributed by atoms with Gasteiger partial charge in [-0.25, -0.2) is 4.39 Å². The zero-order valence-electron chi connectivity index (χ0n) is 13.4. The molecule has 1 aliphatic heterocycles. The minimum Gasteiger partial charge on any atom is -0.497 e. The first kappa shape index (κ1) is 16.5. The van der Waals surface area contributed by atoms with Gasteiger partial charge in [0.15, 0.2) is 0 Å². The van der Waals surface area contributed by atoms with Crippen molar-refractivity contribution in [3.63, 3.8) is 0 Å². The highest BCUT2D eigenvalue weighted by molar-refractivity contribution is 8.14. The van der Waals surface area contributed by atoms with Gasteiger partial charge in [0, 0.05) is 17.5 Å². The van der Waals surface area contributed by atoms with Crippen molar-refractivity contribution in [2.45, 2.75) is 13.0 Å². The number of thioether (sulfide) groups is 1. The number of benzene rings is 2. The van der Waals surface area contributed by atoms with Crippen molar-refractivity contribution in [3.8, 4) is 5.75 Å². The topological polar surface area (TPSA) is 50.7 Å². The number of aliphatic imine (C=N–C) groups is 1. The molecule has 2 aromatic carbocycles. The van der Waals surface area contributed by atoms with E-state index in [-0.39, 0.29) is 11.6 Å². The molecule has 1 heterocycles. The second-order valence-corrected chi connectivity index (χ2v) is 6.61. The van der Waals surface area contributed by atoms with Crippen LogP contribution in [-0.4, -0.2) is 23.8 Å². The third kappa shape index (κ3) is 3.59. The maximum atomic E-state index is 13.9. The third-order valence-corrected chi connectivity index (χ3v) is 4.77. The molecule has 0 aromatic heterocycles. The number of carbonyl (C=O) groups is 1. The van der Waals surface area contributed by atoms with Crippen LogP contribution in [0.4, 0.5) is 10.1 Å². The fourth-order valence-electron chi connectivity index (χ4n) is 2.46. The molecule has 0 saturated heterocycles. The van der Waals surface area contributed by atoms with Crippen molar-refractivity contribution in [2.75, 3.05) is 18.2 Å². The highest BCUT2D eigenvalue weighted by Gasteiger charge is 2.17. The van der Waals surface area contributed by atoms with E-state index in [1.807, 2.05) is 31.2 Å². The number of rotatable bonds is 4. The molecule has 0 fully saturated rings. The van der Waals surface area contributed by atoms with Crippen LogP contribution in [0.3, 0.4) is 0 Å². The fraction of sp³-hybridized carbons (Fsp3) is 0.222. The van der Waals surface area contributed by atoms with Crippen LogP contribution in [0.5, 0.6) is 5.75 Å². The van der Waals surface area contributed by atoms with Crippen LogP contribution in [0.15, 0.2) is 47.5 Å². The zero-order valence-corrected chi connectivity index (χ0v) is 14.2. The average Bonchev–Trinajstić information content (AvgIpc) is 3.01. The maximum Gasteiger partial charge on any atom is 0.258 e. The van der Waals surface area contributed by atoms with Gasteiger partial charge in [0.25, 0.3) is 5.91 Å². The Hall–Kier alpha value is -2.34.